The van der Waals surface area contributed by atoms with Gasteiger partial charge in [0.1, 0.15) is 11.4 Å². The van der Waals surface area contributed by atoms with Crippen molar-refractivity contribution in [2.24, 2.45) is 4.99 Å². The van der Waals surface area contributed by atoms with Crippen molar-refractivity contribution in [2.45, 2.75) is 6.92 Å². The number of nitrogens with zero attached hydrogens (tertiary/aromatic N) is 3. The van der Waals surface area contributed by atoms with E-state index in [-0.39, 0.29) is 5.91 Å². The number of amides is 1. The van der Waals surface area contributed by atoms with Gasteiger partial charge in [-0.05, 0) is 54.1 Å². The van der Waals surface area contributed by atoms with Gasteiger partial charge in [0.05, 0.1) is 12.0 Å². The standard InChI is InChI=1S/C20H18ClN3O2S/c1-4-12-24-19(25)17(13(2)14-7-9-15(26-3)10-8-14)27-20(24)23-16-6-5-11-22-18(16)21/h4-11H,1,12H2,2-3H3/b17-13-,23-20?. The van der Waals surface area contributed by atoms with Gasteiger partial charge in [0.25, 0.3) is 5.91 Å². The summed E-state index contributed by atoms with van der Waals surface area (Å²) in [5.74, 6) is 0.663. The van der Waals surface area contributed by atoms with Gasteiger partial charge in [-0.15, -0.1) is 6.58 Å². The van der Waals surface area contributed by atoms with Crippen molar-refractivity contribution in [3.05, 3.63) is 70.9 Å². The second-order valence-corrected chi connectivity index (χ2v) is 7.03. The Kier molecular flexibility index (Phi) is 5.98. The zero-order valence-electron chi connectivity index (χ0n) is 15.0. The number of rotatable bonds is 5. The first-order valence-electron chi connectivity index (χ1n) is 8.20. The van der Waals surface area contributed by atoms with E-state index in [9.17, 15) is 4.79 Å². The average molecular weight is 400 g/mol. The lowest BCUT2D eigenvalue weighted by Gasteiger charge is -2.13. The molecule has 1 aliphatic heterocycles. The third-order valence-corrected chi connectivity index (χ3v) is 5.46. The second kappa shape index (κ2) is 8.41. The Hall–Kier alpha value is -2.57. The molecule has 0 N–H and O–H groups in total. The third-order valence-electron chi connectivity index (χ3n) is 3.99. The Balaban J connectivity index is 2.01. The monoisotopic (exact) mass is 399 g/mol. The van der Waals surface area contributed by atoms with Crippen LogP contribution in [-0.2, 0) is 4.79 Å². The molecule has 7 heteroatoms. The molecule has 3 rings (SSSR count). The Morgan fingerprint density at radius 3 is 2.74 bits per heavy atom. The van der Waals surface area contributed by atoms with E-state index in [0.29, 0.717) is 27.5 Å². The minimum atomic E-state index is -0.105. The van der Waals surface area contributed by atoms with Crippen molar-refractivity contribution < 1.29 is 9.53 Å². The van der Waals surface area contributed by atoms with Crippen LogP contribution < -0.4 is 4.74 Å². The molecule has 1 amide bonds. The molecule has 2 heterocycles. The zero-order chi connectivity index (χ0) is 19.4. The van der Waals surface area contributed by atoms with Gasteiger partial charge in [-0.3, -0.25) is 9.69 Å². The molecule has 5 nitrogen and oxygen atoms in total. The second-order valence-electron chi connectivity index (χ2n) is 5.70. The fourth-order valence-corrected chi connectivity index (χ4v) is 3.77. The summed E-state index contributed by atoms with van der Waals surface area (Å²) >= 11 is 7.44. The quantitative estimate of drug-likeness (QED) is 0.406. The van der Waals surface area contributed by atoms with Crippen LogP contribution in [0.1, 0.15) is 12.5 Å². The lowest BCUT2D eigenvalue weighted by Crippen LogP contribution is -2.29. The van der Waals surface area contributed by atoms with E-state index < -0.39 is 0 Å². The topological polar surface area (TPSA) is 54.8 Å². The number of ether oxygens (including phenoxy) is 1. The van der Waals surface area contributed by atoms with E-state index in [2.05, 4.69) is 16.6 Å². The maximum atomic E-state index is 13.0. The minimum Gasteiger partial charge on any atom is -0.497 e. The first kappa shape index (κ1) is 19.2. The van der Waals surface area contributed by atoms with E-state index in [1.165, 1.54) is 11.8 Å². The van der Waals surface area contributed by atoms with Crippen LogP contribution in [0.2, 0.25) is 5.15 Å². The van der Waals surface area contributed by atoms with Crippen LogP contribution in [0, 0.1) is 0 Å². The highest BCUT2D eigenvalue weighted by Crippen LogP contribution is 2.38. The van der Waals surface area contributed by atoms with Crippen molar-refractivity contribution in [3.8, 4) is 5.75 Å². The number of hydrogen-bond donors (Lipinski definition) is 0. The van der Waals surface area contributed by atoms with Crippen LogP contribution in [0.3, 0.4) is 0 Å². The van der Waals surface area contributed by atoms with Gasteiger partial charge in [0, 0.05) is 12.7 Å². The van der Waals surface area contributed by atoms with E-state index in [0.717, 1.165) is 16.9 Å². The molecule has 1 saturated heterocycles. The fourth-order valence-electron chi connectivity index (χ4n) is 2.55. The SMILES string of the molecule is C=CCN1C(=O)/C(=C(\C)c2ccc(OC)cc2)SC1=Nc1cccnc1Cl. The summed E-state index contributed by atoms with van der Waals surface area (Å²) < 4.78 is 5.19. The van der Waals surface area contributed by atoms with Gasteiger partial charge < -0.3 is 4.74 Å². The molecule has 138 valence electrons. The van der Waals surface area contributed by atoms with Gasteiger partial charge in [-0.25, -0.2) is 9.98 Å². The third kappa shape index (κ3) is 4.07. The van der Waals surface area contributed by atoms with Gasteiger partial charge in [-0.2, -0.15) is 0 Å². The molecular weight excluding hydrogens is 382 g/mol. The molecule has 0 aliphatic carbocycles. The lowest BCUT2D eigenvalue weighted by atomic mass is 10.1. The smallest absolute Gasteiger partial charge is 0.267 e. The normalized spacial score (nSPS) is 17.4. The Labute approximate surface area is 167 Å². The number of hydrogen-bond acceptors (Lipinski definition) is 5. The van der Waals surface area contributed by atoms with Gasteiger partial charge >= 0.3 is 0 Å². The van der Waals surface area contributed by atoms with Crippen LogP contribution in [0.5, 0.6) is 5.75 Å². The highest BCUT2D eigenvalue weighted by Gasteiger charge is 2.34. The Morgan fingerprint density at radius 2 is 2.11 bits per heavy atom. The predicted octanol–water partition coefficient (Wildman–Crippen LogP) is 4.92. The average Bonchev–Trinajstić information content (AvgIpc) is 2.99. The molecule has 0 unspecified atom stereocenters. The Bertz CT molecular complexity index is 938. The number of benzene rings is 1. The summed E-state index contributed by atoms with van der Waals surface area (Å²) in [6.07, 6.45) is 3.27. The number of methoxy groups -OCH3 is 1. The summed E-state index contributed by atoms with van der Waals surface area (Å²) in [6, 6.07) is 11.1. The van der Waals surface area contributed by atoms with Gasteiger partial charge in [0.2, 0.25) is 0 Å². The molecular formula is C20H18ClN3O2S. The molecule has 0 radical (unpaired) electrons. The largest absolute Gasteiger partial charge is 0.497 e. The van der Waals surface area contributed by atoms with E-state index >= 15 is 0 Å². The summed E-state index contributed by atoms with van der Waals surface area (Å²) in [5.41, 5.74) is 2.35. The summed E-state index contributed by atoms with van der Waals surface area (Å²) in [6.45, 7) is 6.03. The molecule has 0 saturated carbocycles. The summed E-state index contributed by atoms with van der Waals surface area (Å²) in [5, 5.41) is 0.846. The highest BCUT2D eigenvalue weighted by molar-refractivity contribution is 8.18. The number of aromatic nitrogens is 1. The molecule has 0 bridgehead atoms. The van der Waals surface area contributed by atoms with Gasteiger partial charge in [0.15, 0.2) is 10.3 Å². The van der Waals surface area contributed by atoms with Crippen molar-refractivity contribution in [1.29, 1.82) is 0 Å². The number of thioether (sulfide) groups is 1. The van der Waals surface area contributed by atoms with E-state index in [4.69, 9.17) is 16.3 Å². The molecule has 1 aromatic heterocycles. The van der Waals surface area contributed by atoms with Crippen LogP contribution in [0.4, 0.5) is 5.69 Å². The van der Waals surface area contributed by atoms with E-state index in [1.807, 2.05) is 31.2 Å². The number of carbonyl (C=O) groups is 1. The van der Waals surface area contributed by atoms with Crippen LogP contribution >= 0.6 is 23.4 Å². The number of pyridine rings is 1. The number of amidine groups is 1. The minimum absolute atomic E-state index is 0.105. The highest BCUT2D eigenvalue weighted by atomic mass is 35.5. The number of halogens is 1. The molecule has 27 heavy (non-hydrogen) atoms. The first-order valence-corrected chi connectivity index (χ1v) is 9.39. The van der Waals surface area contributed by atoms with Crippen molar-refractivity contribution in [3.63, 3.8) is 0 Å². The number of carbonyl (C=O) groups excluding carboxylic acids is 1. The lowest BCUT2D eigenvalue weighted by molar-refractivity contribution is -0.121. The van der Waals surface area contributed by atoms with Crippen molar-refractivity contribution in [2.75, 3.05) is 13.7 Å². The zero-order valence-corrected chi connectivity index (χ0v) is 16.5. The first-order chi connectivity index (χ1) is 13.0. The number of allylic oxidation sites excluding steroid dienone is 1. The Morgan fingerprint density at radius 1 is 1.37 bits per heavy atom. The fraction of sp³-hybridized carbons (Fsp3) is 0.150. The van der Waals surface area contributed by atoms with Crippen LogP contribution in [0.25, 0.3) is 5.57 Å². The van der Waals surface area contributed by atoms with E-state index in [1.54, 1.807) is 36.4 Å². The molecule has 1 fully saturated rings. The summed E-state index contributed by atoms with van der Waals surface area (Å²) in [4.78, 5) is 23.8. The van der Waals surface area contributed by atoms with Crippen molar-refractivity contribution in [1.82, 2.24) is 9.88 Å². The van der Waals surface area contributed by atoms with Crippen molar-refractivity contribution >= 4 is 45.7 Å². The molecule has 2 aromatic rings. The van der Waals surface area contributed by atoms with Crippen LogP contribution in [-0.4, -0.2) is 34.6 Å². The maximum Gasteiger partial charge on any atom is 0.267 e. The maximum absolute atomic E-state index is 13.0. The summed E-state index contributed by atoms with van der Waals surface area (Å²) in [7, 11) is 1.62. The molecule has 0 atom stereocenters. The predicted molar refractivity (Wildman–Crippen MR) is 111 cm³/mol. The number of aliphatic imine (C=N–C) groups is 1. The van der Waals surface area contributed by atoms with Gasteiger partial charge in [-0.1, -0.05) is 29.8 Å². The molecule has 1 aromatic carbocycles. The molecule has 0 spiro atoms. The molecule has 1 aliphatic rings. The van der Waals surface area contributed by atoms with Crippen LogP contribution in [0.15, 0.2) is 65.1 Å².